The van der Waals surface area contributed by atoms with Crippen molar-refractivity contribution >= 4 is 22.2 Å². The zero-order valence-corrected chi connectivity index (χ0v) is 5.52. The van der Waals surface area contributed by atoms with Crippen LogP contribution in [0.15, 0.2) is 0 Å². The third-order valence-electron chi connectivity index (χ3n) is 1.24. The van der Waals surface area contributed by atoms with Gasteiger partial charge in [0, 0.05) is 11.2 Å². The molecule has 2 heteroatoms. The molecule has 1 saturated carbocycles. The lowest BCUT2D eigenvalue weighted by Gasteiger charge is -1.77. The van der Waals surface area contributed by atoms with Crippen LogP contribution in [0.3, 0.4) is 0 Å². The van der Waals surface area contributed by atoms with Crippen molar-refractivity contribution in [2.75, 3.05) is 0 Å². The molecule has 0 aromatic heterocycles. The molecule has 2 atom stereocenters. The summed E-state index contributed by atoms with van der Waals surface area (Å²) in [5.74, 6) is 0.664. The molecule has 0 heterocycles. The fourth-order valence-electron chi connectivity index (χ4n) is 0.578. The van der Waals surface area contributed by atoms with Crippen LogP contribution in [0.4, 0.5) is 0 Å². The number of carbonyl (C=O) groups excluding carboxylic acids is 1. The van der Waals surface area contributed by atoms with Gasteiger partial charge in [0.1, 0.15) is 6.29 Å². The predicted molar refractivity (Wildman–Crippen MR) is 31.5 cm³/mol. The van der Waals surface area contributed by atoms with E-state index in [0.717, 1.165) is 12.7 Å². The van der Waals surface area contributed by atoms with Crippen LogP contribution in [-0.2, 0) is 4.79 Å². The van der Waals surface area contributed by atoms with Gasteiger partial charge in [0.15, 0.2) is 0 Å². The van der Waals surface area contributed by atoms with E-state index in [1.165, 1.54) is 6.42 Å². The Morgan fingerprint density at radius 1 is 1.86 bits per heavy atom. The molecule has 1 aliphatic carbocycles. The fourth-order valence-corrected chi connectivity index (χ4v) is 1.27. The van der Waals surface area contributed by atoms with Gasteiger partial charge in [-0.05, 0) is 12.3 Å². The summed E-state index contributed by atoms with van der Waals surface area (Å²) in [6.07, 6.45) is 2.93. The summed E-state index contributed by atoms with van der Waals surface area (Å²) < 4.78 is 0. The number of aldehydes is 1. The Hall–Kier alpha value is 0.150. The van der Waals surface area contributed by atoms with Crippen molar-refractivity contribution in [2.45, 2.75) is 17.7 Å². The molecule has 1 fully saturated rings. The Kier molecular flexibility index (Phi) is 1.47. The monoisotopic (exact) mass is 162 g/mol. The Morgan fingerprint density at radius 2 is 2.43 bits per heavy atom. The molecular weight excluding hydrogens is 156 g/mol. The summed E-state index contributed by atoms with van der Waals surface area (Å²) in [6, 6.07) is 0. The molecule has 0 saturated heterocycles. The summed E-state index contributed by atoms with van der Waals surface area (Å²) >= 11 is 3.39. The Balaban J connectivity index is 2.08. The van der Waals surface area contributed by atoms with Gasteiger partial charge in [-0.1, -0.05) is 15.9 Å². The number of rotatable bonds is 2. The number of halogens is 1. The van der Waals surface area contributed by atoms with Gasteiger partial charge in [-0.3, -0.25) is 0 Å². The molecule has 0 N–H and O–H groups in total. The van der Waals surface area contributed by atoms with Crippen LogP contribution >= 0.6 is 15.9 Å². The van der Waals surface area contributed by atoms with Crippen LogP contribution in [0, 0.1) is 5.92 Å². The molecule has 0 spiro atoms. The number of hydrogen-bond donors (Lipinski definition) is 0. The van der Waals surface area contributed by atoms with Gasteiger partial charge in [-0.25, -0.2) is 0 Å². The van der Waals surface area contributed by atoms with Gasteiger partial charge >= 0.3 is 0 Å². The van der Waals surface area contributed by atoms with Crippen molar-refractivity contribution in [3.8, 4) is 0 Å². The molecule has 1 rings (SSSR count). The van der Waals surface area contributed by atoms with Gasteiger partial charge in [0.2, 0.25) is 0 Å². The third kappa shape index (κ3) is 1.27. The van der Waals surface area contributed by atoms with E-state index in [0.29, 0.717) is 10.7 Å². The second-order valence-electron chi connectivity index (χ2n) is 1.91. The molecule has 7 heavy (non-hydrogen) atoms. The van der Waals surface area contributed by atoms with E-state index in [9.17, 15) is 4.79 Å². The first-order valence-corrected chi connectivity index (χ1v) is 3.34. The van der Waals surface area contributed by atoms with Crippen molar-refractivity contribution in [1.82, 2.24) is 0 Å². The zero-order chi connectivity index (χ0) is 5.28. The molecule has 0 aliphatic heterocycles. The summed E-state index contributed by atoms with van der Waals surface area (Å²) in [4.78, 5) is 10.4. The summed E-state index contributed by atoms with van der Waals surface area (Å²) in [7, 11) is 0. The lowest BCUT2D eigenvalue weighted by Crippen LogP contribution is -1.78. The third-order valence-corrected chi connectivity index (χ3v) is 2.36. The molecular formula is C5H7BrO. The SMILES string of the molecule is O=CCC1CC1Br. The van der Waals surface area contributed by atoms with Crippen molar-refractivity contribution in [3.63, 3.8) is 0 Å². The smallest absolute Gasteiger partial charge is 0.120 e. The van der Waals surface area contributed by atoms with E-state index >= 15 is 0 Å². The van der Waals surface area contributed by atoms with Crippen molar-refractivity contribution in [2.24, 2.45) is 5.92 Å². The van der Waals surface area contributed by atoms with Crippen LogP contribution < -0.4 is 0 Å². The molecule has 0 aromatic rings. The van der Waals surface area contributed by atoms with Crippen LogP contribution in [0.1, 0.15) is 12.8 Å². The van der Waals surface area contributed by atoms with Crippen LogP contribution in [0.2, 0.25) is 0 Å². The Labute approximate surface area is 51.2 Å². The molecule has 1 aliphatic rings. The zero-order valence-electron chi connectivity index (χ0n) is 3.93. The number of carbonyl (C=O) groups is 1. The highest BCUT2D eigenvalue weighted by Crippen LogP contribution is 2.39. The molecule has 0 radical (unpaired) electrons. The molecule has 2 unspecified atom stereocenters. The van der Waals surface area contributed by atoms with Crippen molar-refractivity contribution in [1.29, 1.82) is 0 Å². The summed E-state index contributed by atoms with van der Waals surface area (Å²) in [5, 5.41) is 0. The van der Waals surface area contributed by atoms with E-state index in [2.05, 4.69) is 15.9 Å². The minimum absolute atomic E-state index is 0.651. The minimum Gasteiger partial charge on any atom is -0.303 e. The topological polar surface area (TPSA) is 17.1 Å². The van der Waals surface area contributed by atoms with Crippen molar-refractivity contribution in [3.05, 3.63) is 0 Å². The highest BCUT2D eigenvalue weighted by atomic mass is 79.9. The van der Waals surface area contributed by atoms with Crippen LogP contribution in [0.5, 0.6) is 0 Å². The number of alkyl halides is 1. The van der Waals surface area contributed by atoms with Crippen molar-refractivity contribution < 1.29 is 4.79 Å². The first kappa shape index (κ1) is 5.29. The lowest BCUT2D eigenvalue weighted by molar-refractivity contribution is -0.108. The van der Waals surface area contributed by atoms with Gasteiger partial charge < -0.3 is 4.79 Å². The Bertz CT molecular complexity index is 82.1. The quantitative estimate of drug-likeness (QED) is 0.443. The molecule has 0 amide bonds. The van der Waals surface area contributed by atoms with Crippen LogP contribution in [-0.4, -0.2) is 11.1 Å². The molecule has 0 bridgehead atoms. The molecule has 40 valence electrons. The first-order chi connectivity index (χ1) is 3.34. The van der Waals surface area contributed by atoms with E-state index < -0.39 is 0 Å². The number of hydrogen-bond acceptors (Lipinski definition) is 1. The molecule has 1 nitrogen and oxygen atoms in total. The lowest BCUT2D eigenvalue weighted by atomic mass is 10.3. The maximum absolute atomic E-state index is 9.78. The van der Waals surface area contributed by atoms with Gasteiger partial charge in [-0.15, -0.1) is 0 Å². The van der Waals surface area contributed by atoms with Gasteiger partial charge in [-0.2, -0.15) is 0 Å². The fraction of sp³-hybridized carbons (Fsp3) is 0.800. The normalized spacial score (nSPS) is 37.9. The van der Waals surface area contributed by atoms with E-state index in [1.807, 2.05) is 0 Å². The minimum atomic E-state index is 0.651. The second-order valence-corrected chi connectivity index (χ2v) is 3.09. The van der Waals surface area contributed by atoms with Crippen LogP contribution in [0.25, 0.3) is 0 Å². The highest BCUT2D eigenvalue weighted by Gasteiger charge is 2.33. The van der Waals surface area contributed by atoms with E-state index in [1.54, 1.807) is 0 Å². The highest BCUT2D eigenvalue weighted by molar-refractivity contribution is 9.09. The maximum Gasteiger partial charge on any atom is 0.120 e. The van der Waals surface area contributed by atoms with E-state index in [4.69, 9.17) is 0 Å². The first-order valence-electron chi connectivity index (χ1n) is 2.42. The average molecular weight is 163 g/mol. The standard InChI is InChI=1S/C5H7BrO/c6-5-3-4(5)1-2-7/h2,4-5H,1,3H2. The summed E-state index contributed by atoms with van der Waals surface area (Å²) in [6.45, 7) is 0. The maximum atomic E-state index is 9.78. The largest absolute Gasteiger partial charge is 0.303 e. The van der Waals surface area contributed by atoms with Gasteiger partial charge in [0.05, 0.1) is 0 Å². The average Bonchev–Trinajstić information content (AvgIpc) is 2.22. The summed E-state index contributed by atoms with van der Waals surface area (Å²) in [5.41, 5.74) is 0. The predicted octanol–water partition coefficient (Wildman–Crippen LogP) is 1.36. The molecule has 0 aromatic carbocycles. The second kappa shape index (κ2) is 1.95. The van der Waals surface area contributed by atoms with Gasteiger partial charge in [0.25, 0.3) is 0 Å². The van der Waals surface area contributed by atoms with E-state index in [-0.39, 0.29) is 0 Å². The Morgan fingerprint density at radius 3 is 2.57 bits per heavy atom.